The molecule has 88 valence electrons. The van der Waals surface area contributed by atoms with Gasteiger partial charge in [0.15, 0.2) is 0 Å². The number of nitrogens with two attached hydrogens (primary N) is 1. The second-order valence-electron chi connectivity index (χ2n) is 3.61. The van der Waals surface area contributed by atoms with Crippen LogP contribution in [0.25, 0.3) is 0 Å². The molecule has 0 aromatic heterocycles. The van der Waals surface area contributed by atoms with Crippen molar-refractivity contribution in [2.45, 2.75) is 30.7 Å². The molecule has 0 fully saturated rings. The van der Waals surface area contributed by atoms with Crippen molar-refractivity contribution in [2.75, 3.05) is 11.6 Å². The first-order chi connectivity index (χ1) is 7.67. The summed E-state index contributed by atoms with van der Waals surface area (Å²) in [5, 5.41) is 2.80. The molecule has 0 saturated heterocycles. The van der Waals surface area contributed by atoms with E-state index in [4.69, 9.17) is 5.73 Å². The Balaban J connectivity index is 2.55. The van der Waals surface area contributed by atoms with Gasteiger partial charge < -0.3 is 11.1 Å². The van der Waals surface area contributed by atoms with Crippen LogP contribution in [0.15, 0.2) is 29.2 Å². The molecule has 0 aliphatic carbocycles. The van der Waals surface area contributed by atoms with Crippen molar-refractivity contribution in [2.24, 2.45) is 5.73 Å². The van der Waals surface area contributed by atoms with Gasteiger partial charge in [0.2, 0.25) is 5.91 Å². The van der Waals surface area contributed by atoms with Crippen molar-refractivity contribution in [3.05, 3.63) is 24.3 Å². The fraction of sp³-hybridized carbons (Fsp3) is 0.417. The van der Waals surface area contributed by atoms with Crippen molar-refractivity contribution in [1.29, 1.82) is 0 Å². The van der Waals surface area contributed by atoms with E-state index in [-0.39, 0.29) is 5.91 Å². The summed E-state index contributed by atoms with van der Waals surface area (Å²) in [5.41, 5.74) is 6.52. The van der Waals surface area contributed by atoms with Gasteiger partial charge in [0.1, 0.15) is 0 Å². The van der Waals surface area contributed by atoms with E-state index in [1.807, 2.05) is 37.4 Å². The number of thioether (sulfide) groups is 1. The summed E-state index contributed by atoms with van der Waals surface area (Å²) in [6.07, 6.45) is 3.65. The van der Waals surface area contributed by atoms with Crippen LogP contribution < -0.4 is 11.1 Å². The molecule has 0 unspecified atom stereocenters. The van der Waals surface area contributed by atoms with Crippen LogP contribution in [0, 0.1) is 0 Å². The molecule has 0 bridgehead atoms. The summed E-state index contributed by atoms with van der Waals surface area (Å²) in [6.45, 7) is 2.01. The van der Waals surface area contributed by atoms with Gasteiger partial charge >= 0.3 is 0 Å². The lowest BCUT2D eigenvalue weighted by Crippen LogP contribution is -2.35. The van der Waals surface area contributed by atoms with Crippen LogP contribution in [0.5, 0.6) is 0 Å². The van der Waals surface area contributed by atoms with Gasteiger partial charge in [-0.05, 0) is 36.9 Å². The standard InChI is InChI=1S/C12H18N2OS/c1-3-4-11(13)12(15)14-9-5-7-10(16-2)8-6-9/h5-8,11H,3-4,13H2,1-2H3,(H,14,15)/t11-/m1/s1. The van der Waals surface area contributed by atoms with Gasteiger partial charge in [0.25, 0.3) is 0 Å². The maximum absolute atomic E-state index is 11.6. The van der Waals surface area contributed by atoms with Crippen LogP contribution in [0.4, 0.5) is 5.69 Å². The smallest absolute Gasteiger partial charge is 0.241 e. The Morgan fingerprint density at radius 2 is 2.06 bits per heavy atom. The summed E-state index contributed by atoms with van der Waals surface area (Å²) in [5.74, 6) is -0.112. The molecular formula is C12H18N2OS. The molecule has 1 atom stereocenters. The third kappa shape index (κ3) is 3.87. The molecule has 16 heavy (non-hydrogen) atoms. The van der Waals surface area contributed by atoms with E-state index in [0.29, 0.717) is 6.42 Å². The van der Waals surface area contributed by atoms with Crippen LogP contribution in [0.3, 0.4) is 0 Å². The number of hydrogen-bond acceptors (Lipinski definition) is 3. The van der Waals surface area contributed by atoms with Crippen molar-refractivity contribution in [3.63, 3.8) is 0 Å². The highest BCUT2D eigenvalue weighted by molar-refractivity contribution is 7.98. The third-order valence-electron chi connectivity index (χ3n) is 2.29. The Bertz CT molecular complexity index is 337. The molecule has 1 amide bonds. The zero-order valence-corrected chi connectivity index (χ0v) is 10.5. The predicted octanol–water partition coefficient (Wildman–Crippen LogP) is 2.47. The molecule has 3 N–H and O–H groups in total. The summed E-state index contributed by atoms with van der Waals surface area (Å²) in [4.78, 5) is 12.8. The minimum atomic E-state index is -0.412. The van der Waals surface area contributed by atoms with E-state index in [9.17, 15) is 4.79 Å². The van der Waals surface area contributed by atoms with Crippen molar-refractivity contribution in [1.82, 2.24) is 0 Å². The van der Waals surface area contributed by atoms with E-state index in [1.54, 1.807) is 11.8 Å². The number of anilines is 1. The van der Waals surface area contributed by atoms with Crippen LogP contribution in [0.2, 0.25) is 0 Å². The summed E-state index contributed by atoms with van der Waals surface area (Å²) in [7, 11) is 0. The van der Waals surface area contributed by atoms with E-state index in [0.717, 1.165) is 12.1 Å². The Hall–Kier alpha value is -1.00. The zero-order chi connectivity index (χ0) is 12.0. The maximum atomic E-state index is 11.6. The lowest BCUT2D eigenvalue weighted by molar-refractivity contribution is -0.117. The molecule has 4 heteroatoms. The number of rotatable bonds is 5. The molecule has 0 heterocycles. The lowest BCUT2D eigenvalue weighted by Gasteiger charge is -2.11. The molecule has 0 aliphatic rings. The summed E-state index contributed by atoms with van der Waals surface area (Å²) in [6, 6.07) is 7.33. The second kappa shape index (κ2) is 6.55. The van der Waals surface area contributed by atoms with Gasteiger partial charge in [-0.3, -0.25) is 4.79 Å². The number of amides is 1. The monoisotopic (exact) mass is 238 g/mol. The fourth-order valence-corrected chi connectivity index (χ4v) is 1.76. The Labute approximate surface area is 101 Å². The molecule has 0 radical (unpaired) electrons. The van der Waals surface area contributed by atoms with E-state index < -0.39 is 6.04 Å². The molecule has 1 rings (SSSR count). The first-order valence-electron chi connectivity index (χ1n) is 5.38. The number of nitrogens with one attached hydrogen (secondary N) is 1. The SMILES string of the molecule is CCC[C@@H](N)C(=O)Nc1ccc(SC)cc1. The van der Waals surface area contributed by atoms with Gasteiger partial charge in [-0.2, -0.15) is 0 Å². The van der Waals surface area contributed by atoms with Crippen LogP contribution in [0.1, 0.15) is 19.8 Å². The van der Waals surface area contributed by atoms with Gasteiger partial charge in [-0.15, -0.1) is 11.8 Å². The van der Waals surface area contributed by atoms with E-state index in [2.05, 4.69) is 5.32 Å². The Kier molecular flexibility index (Phi) is 5.35. The molecule has 0 aliphatic heterocycles. The average molecular weight is 238 g/mol. The fourth-order valence-electron chi connectivity index (χ4n) is 1.35. The minimum absolute atomic E-state index is 0.112. The first kappa shape index (κ1) is 13.1. The zero-order valence-electron chi connectivity index (χ0n) is 9.69. The molecule has 3 nitrogen and oxygen atoms in total. The van der Waals surface area contributed by atoms with Crippen LogP contribution in [-0.2, 0) is 4.79 Å². The molecule has 1 aromatic carbocycles. The average Bonchev–Trinajstić information content (AvgIpc) is 2.30. The van der Waals surface area contributed by atoms with Crippen LogP contribution >= 0.6 is 11.8 Å². The van der Waals surface area contributed by atoms with Gasteiger partial charge in [0, 0.05) is 10.6 Å². The number of hydrogen-bond donors (Lipinski definition) is 2. The maximum Gasteiger partial charge on any atom is 0.241 e. The van der Waals surface area contributed by atoms with Gasteiger partial charge in [-0.1, -0.05) is 13.3 Å². The quantitative estimate of drug-likeness (QED) is 0.775. The number of carbonyl (C=O) groups excluding carboxylic acids is 1. The molecular weight excluding hydrogens is 220 g/mol. The number of carbonyl (C=O) groups is 1. The van der Waals surface area contributed by atoms with Crippen molar-refractivity contribution >= 4 is 23.4 Å². The second-order valence-corrected chi connectivity index (χ2v) is 4.49. The Morgan fingerprint density at radius 3 is 2.56 bits per heavy atom. The lowest BCUT2D eigenvalue weighted by atomic mass is 10.1. The van der Waals surface area contributed by atoms with E-state index >= 15 is 0 Å². The molecule has 0 spiro atoms. The largest absolute Gasteiger partial charge is 0.325 e. The first-order valence-corrected chi connectivity index (χ1v) is 6.60. The van der Waals surface area contributed by atoms with Crippen molar-refractivity contribution < 1.29 is 4.79 Å². The highest BCUT2D eigenvalue weighted by Gasteiger charge is 2.11. The summed E-state index contributed by atoms with van der Waals surface area (Å²) >= 11 is 1.67. The van der Waals surface area contributed by atoms with Crippen molar-refractivity contribution in [3.8, 4) is 0 Å². The number of benzene rings is 1. The highest BCUT2D eigenvalue weighted by atomic mass is 32.2. The molecule has 0 saturated carbocycles. The van der Waals surface area contributed by atoms with Gasteiger partial charge in [-0.25, -0.2) is 0 Å². The third-order valence-corrected chi connectivity index (χ3v) is 3.04. The molecule has 1 aromatic rings. The topological polar surface area (TPSA) is 55.1 Å². The normalized spacial score (nSPS) is 12.2. The minimum Gasteiger partial charge on any atom is -0.325 e. The Morgan fingerprint density at radius 1 is 1.44 bits per heavy atom. The highest BCUT2D eigenvalue weighted by Crippen LogP contribution is 2.17. The predicted molar refractivity (Wildman–Crippen MR) is 69.7 cm³/mol. The van der Waals surface area contributed by atoms with Crippen LogP contribution in [-0.4, -0.2) is 18.2 Å². The van der Waals surface area contributed by atoms with Gasteiger partial charge in [0.05, 0.1) is 6.04 Å². The summed E-state index contributed by atoms with van der Waals surface area (Å²) < 4.78 is 0. The van der Waals surface area contributed by atoms with E-state index in [1.165, 1.54) is 4.90 Å².